The lowest BCUT2D eigenvalue weighted by Crippen LogP contribution is -2.44. The number of fused-ring (bicyclic) bond motifs is 1. The Hall–Kier alpha value is -3.15. The van der Waals surface area contributed by atoms with Crippen molar-refractivity contribution >= 4 is 11.0 Å². The first-order valence-corrected chi connectivity index (χ1v) is 12.4. The number of H-pyrrole nitrogens is 1. The number of hydrogen-bond acceptors (Lipinski definition) is 3. The number of nitrogens with zero attached hydrogens (tertiary/aromatic N) is 2. The third-order valence-electron chi connectivity index (χ3n) is 7.25. The molecular weight excluding hydrogens is 420 g/mol. The fourth-order valence-corrected chi connectivity index (χ4v) is 5.48. The molecule has 2 unspecified atom stereocenters. The van der Waals surface area contributed by atoms with Crippen LogP contribution in [0.3, 0.4) is 0 Å². The molecule has 1 saturated heterocycles. The lowest BCUT2D eigenvalue weighted by atomic mass is 9.87. The van der Waals surface area contributed by atoms with Crippen molar-refractivity contribution in [3.8, 4) is 0 Å². The average molecular weight is 455 g/mol. The van der Waals surface area contributed by atoms with Gasteiger partial charge in [0.25, 0.3) is 0 Å². The van der Waals surface area contributed by atoms with Gasteiger partial charge in [0, 0.05) is 25.2 Å². The number of imidazole rings is 1. The molecule has 5 heteroatoms. The summed E-state index contributed by atoms with van der Waals surface area (Å²) >= 11 is 0. The molecule has 3 atom stereocenters. The largest absolute Gasteiger partial charge is 0.326 e. The number of hydrogen-bond donors (Lipinski definition) is 2. The average Bonchev–Trinajstić information content (AvgIpc) is 3.21. The zero-order valence-electron chi connectivity index (χ0n) is 19.9. The van der Waals surface area contributed by atoms with Crippen LogP contribution in [0.4, 0.5) is 0 Å². The first kappa shape index (κ1) is 22.6. The minimum atomic E-state index is 0.0104. The number of para-hydroxylation sites is 2. The Morgan fingerprint density at radius 2 is 1.53 bits per heavy atom. The third kappa shape index (κ3) is 5.01. The van der Waals surface area contributed by atoms with Gasteiger partial charge in [-0.15, -0.1) is 0 Å². The summed E-state index contributed by atoms with van der Waals surface area (Å²) in [6, 6.07) is 30.1. The van der Waals surface area contributed by atoms with Crippen molar-refractivity contribution in [2.24, 2.45) is 5.92 Å². The Morgan fingerprint density at radius 3 is 2.21 bits per heavy atom. The quantitative estimate of drug-likeness (QED) is 0.396. The highest BCUT2D eigenvalue weighted by Gasteiger charge is 2.31. The first-order valence-electron chi connectivity index (χ1n) is 12.4. The monoisotopic (exact) mass is 454 g/mol. The third-order valence-corrected chi connectivity index (χ3v) is 7.25. The zero-order chi connectivity index (χ0) is 23.3. The van der Waals surface area contributed by atoms with E-state index in [-0.39, 0.29) is 11.7 Å². The molecule has 0 amide bonds. The Kier molecular flexibility index (Phi) is 6.93. The van der Waals surface area contributed by atoms with Crippen molar-refractivity contribution in [1.29, 1.82) is 0 Å². The number of aromatic nitrogens is 2. The van der Waals surface area contributed by atoms with Gasteiger partial charge in [-0.2, -0.15) is 0 Å². The number of benzene rings is 3. The molecular formula is C29H34N4O. The Labute approximate surface area is 201 Å². The van der Waals surface area contributed by atoms with Crippen LogP contribution < -0.4 is 11.0 Å². The Bertz CT molecular complexity index is 1210. The van der Waals surface area contributed by atoms with E-state index in [4.69, 9.17) is 0 Å². The van der Waals surface area contributed by atoms with Gasteiger partial charge in [0.2, 0.25) is 0 Å². The van der Waals surface area contributed by atoms with Crippen molar-refractivity contribution in [2.45, 2.75) is 44.9 Å². The molecule has 0 aliphatic carbocycles. The molecule has 0 radical (unpaired) electrons. The van der Waals surface area contributed by atoms with Crippen LogP contribution >= 0.6 is 0 Å². The van der Waals surface area contributed by atoms with Crippen LogP contribution in [0.1, 0.15) is 36.9 Å². The van der Waals surface area contributed by atoms with Crippen molar-refractivity contribution < 1.29 is 0 Å². The van der Waals surface area contributed by atoms with Crippen LogP contribution in [0.2, 0.25) is 0 Å². The van der Waals surface area contributed by atoms with E-state index >= 15 is 0 Å². The van der Waals surface area contributed by atoms with E-state index < -0.39 is 0 Å². The molecule has 0 spiro atoms. The Balaban J connectivity index is 1.40. The summed E-state index contributed by atoms with van der Waals surface area (Å²) in [5, 5.41) is 3.59. The summed E-state index contributed by atoms with van der Waals surface area (Å²) in [5.74, 6) is 0.384. The maximum atomic E-state index is 13.0. The van der Waals surface area contributed by atoms with Crippen LogP contribution in [0.25, 0.3) is 11.0 Å². The van der Waals surface area contributed by atoms with Crippen molar-refractivity contribution in [1.82, 2.24) is 19.8 Å². The molecule has 1 aromatic heterocycles. The van der Waals surface area contributed by atoms with Gasteiger partial charge in [-0.3, -0.25) is 9.47 Å². The van der Waals surface area contributed by atoms with Crippen LogP contribution in [0.15, 0.2) is 89.7 Å². The van der Waals surface area contributed by atoms with Gasteiger partial charge < -0.3 is 10.3 Å². The van der Waals surface area contributed by atoms with Gasteiger partial charge in [-0.05, 0) is 62.0 Å². The maximum absolute atomic E-state index is 13.0. The second-order valence-electron chi connectivity index (χ2n) is 9.60. The van der Waals surface area contributed by atoms with Crippen molar-refractivity contribution in [3.05, 3.63) is 107 Å². The molecule has 2 N–H and O–H groups in total. The van der Waals surface area contributed by atoms with E-state index in [9.17, 15) is 4.79 Å². The van der Waals surface area contributed by atoms with E-state index in [1.807, 2.05) is 22.8 Å². The molecule has 3 aromatic carbocycles. The normalized spacial score (nSPS) is 19.5. The molecule has 0 saturated carbocycles. The molecule has 34 heavy (non-hydrogen) atoms. The second kappa shape index (κ2) is 10.4. The topological polar surface area (TPSA) is 53.1 Å². The van der Waals surface area contributed by atoms with Gasteiger partial charge in [-0.1, -0.05) is 72.8 Å². The number of nitrogens with one attached hydrogen (secondary N) is 2. The van der Waals surface area contributed by atoms with E-state index in [2.05, 4.69) is 88.9 Å². The lowest BCUT2D eigenvalue weighted by Gasteiger charge is -2.38. The summed E-state index contributed by atoms with van der Waals surface area (Å²) < 4.78 is 2.02. The van der Waals surface area contributed by atoms with Crippen LogP contribution in [-0.4, -0.2) is 33.6 Å². The van der Waals surface area contributed by atoms with Crippen molar-refractivity contribution in [3.63, 3.8) is 0 Å². The second-order valence-corrected chi connectivity index (χ2v) is 9.60. The van der Waals surface area contributed by atoms with Gasteiger partial charge >= 0.3 is 5.69 Å². The summed E-state index contributed by atoms with van der Waals surface area (Å²) in [5.41, 5.74) is 4.61. The highest BCUT2D eigenvalue weighted by molar-refractivity contribution is 5.75. The molecule has 5 nitrogen and oxygen atoms in total. The van der Waals surface area contributed by atoms with Gasteiger partial charge in [0.05, 0.1) is 11.0 Å². The molecule has 2 heterocycles. The van der Waals surface area contributed by atoms with E-state index in [1.54, 1.807) is 0 Å². The number of piperidine rings is 1. The molecule has 1 aliphatic heterocycles. The smallest absolute Gasteiger partial charge is 0.316 e. The standard InChI is InChI=1S/C29H34N4O/c1-22(32(20-23-10-4-2-5-11-23)21-24-12-6-3-7-13-24)18-25-19-30-17-16-27(25)33-28-15-9-8-14-26(28)31-29(33)34/h2-15,22,25,27,30H,16-21H2,1H3,(H,31,34)/t22?,25-,27?/m0/s1. The summed E-state index contributed by atoms with van der Waals surface area (Å²) in [6.45, 7) is 6.05. The lowest BCUT2D eigenvalue weighted by molar-refractivity contribution is 0.135. The van der Waals surface area contributed by atoms with Crippen LogP contribution in [0, 0.1) is 5.92 Å². The predicted molar refractivity (Wildman–Crippen MR) is 139 cm³/mol. The predicted octanol–water partition coefficient (Wildman–Crippen LogP) is 4.96. The highest BCUT2D eigenvalue weighted by Crippen LogP contribution is 2.31. The molecule has 5 rings (SSSR count). The molecule has 176 valence electrons. The van der Waals surface area contributed by atoms with Gasteiger partial charge in [0.15, 0.2) is 0 Å². The molecule has 1 aliphatic rings. The first-order chi connectivity index (χ1) is 16.7. The zero-order valence-corrected chi connectivity index (χ0v) is 19.9. The van der Waals surface area contributed by atoms with Crippen molar-refractivity contribution in [2.75, 3.05) is 13.1 Å². The van der Waals surface area contributed by atoms with Gasteiger partial charge in [0.1, 0.15) is 0 Å². The summed E-state index contributed by atoms with van der Waals surface area (Å²) in [6.07, 6.45) is 2.00. The fourth-order valence-electron chi connectivity index (χ4n) is 5.48. The van der Waals surface area contributed by atoms with E-state index in [0.717, 1.165) is 50.1 Å². The minimum absolute atomic E-state index is 0.0104. The van der Waals surface area contributed by atoms with Crippen LogP contribution in [0.5, 0.6) is 0 Å². The number of aromatic amines is 1. The SMILES string of the molecule is CC(C[C@H]1CNCCC1n1c(=O)[nH]c2ccccc21)N(Cc1ccccc1)Cc1ccccc1. The fraction of sp³-hybridized carbons (Fsp3) is 0.345. The molecule has 4 aromatic rings. The number of rotatable bonds is 8. The molecule has 1 fully saturated rings. The maximum Gasteiger partial charge on any atom is 0.326 e. The van der Waals surface area contributed by atoms with E-state index in [0.29, 0.717) is 12.0 Å². The Morgan fingerprint density at radius 1 is 0.912 bits per heavy atom. The highest BCUT2D eigenvalue weighted by atomic mass is 16.1. The summed E-state index contributed by atoms with van der Waals surface area (Å²) in [4.78, 5) is 18.6. The molecule has 0 bridgehead atoms. The van der Waals surface area contributed by atoms with E-state index in [1.165, 1.54) is 11.1 Å². The van der Waals surface area contributed by atoms with Gasteiger partial charge in [-0.25, -0.2) is 4.79 Å². The minimum Gasteiger partial charge on any atom is -0.316 e. The summed E-state index contributed by atoms with van der Waals surface area (Å²) in [7, 11) is 0. The van der Waals surface area contributed by atoms with Crippen LogP contribution in [-0.2, 0) is 13.1 Å².